The third kappa shape index (κ3) is 4.62. The molecule has 3 unspecified atom stereocenters. The van der Waals surface area contributed by atoms with Gasteiger partial charge in [-0.05, 0) is 40.0 Å². The van der Waals surface area contributed by atoms with Gasteiger partial charge in [-0.3, -0.25) is 19.2 Å². The van der Waals surface area contributed by atoms with Crippen LogP contribution in [0.1, 0.15) is 66.7 Å². The molecule has 7 heteroatoms. The average molecular weight is 370 g/mol. The van der Waals surface area contributed by atoms with E-state index in [0.29, 0.717) is 6.61 Å². The van der Waals surface area contributed by atoms with E-state index in [2.05, 4.69) is 0 Å². The van der Waals surface area contributed by atoms with E-state index in [4.69, 9.17) is 9.47 Å². The average Bonchev–Trinajstić information content (AvgIpc) is 2.84. The number of rotatable bonds is 10. The fraction of sp³-hybridized carbons (Fsp3) is 0.789. The molecule has 0 radical (unpaired) electrons. The molecular weight excluding hydrogens is 340 g/mol. The summed E-state index contributed by atoms with van der Waals surface area (Å²) in [5.74, 6) is -5.34. The second-order valence-corrected chi connectivity index (χ2v) is 7.83. The summed E-state index contributed by atoms with van der Waals surface area (Å²) in [6, 6.07) is 0. The lowest BCUT2D eigenvalue weighted by Crippen LogP contribution is -2.43. The van der Waals surface area contributed by atoms with Crippen LogP contribution in [0.3, 0.4) is 0 Å². The molecule has 0 aromatic carbocycles. The number of esters is 3. The molecule has 0 aliphatic carbocycles. The number of carboxylic acids is 1. The van der Waals surface area contributed by atoms with Gasteiger partial charge in [-0.15, -0.1) is 0 Å². The number of hydrogen-bond donors (Lipinski definition) is 1. The first kappa shape index (κ1) is 22.1. The fourth-order valence-electron chi connectivity index (χ4n) is 3.29. The van der Waals surface area contributed by atoms with Crippen molar-refractivity contribution in [2.45, 2.75) is 66.7 Å². The topological polar surface area (TPSA) is 107 Å². The molecule has 3 atom stereocenters. The minimum absolute atomic E-state index is 0.00226. The predicted molar refractivity (Wildman–Crippen MR) is 93.0 cm³/mol. The smallest absolute Gasteiger partial charge is 0.318 e. The molecule has 0 aromatic rings. The highest BCUT2D eigenvalue weighted by Crippen LogP contribution is 2.46. The molecular formula is C19H30O7. The van der Waals surface area contributed by atoms with Crippen LogP contribution in [0.5, 0.6) is 0 Å². The zero-order valence-corrected chi connectivity index (χ0v) is 16.3. The Morgan fingerprint density at radius 1 is 1.12 bits per heavy atom. The van der Waals surface area contributed by atoms with Gasteiger partial charge in [0.1, 0.15) is 0 Å². The van der Waals surface area contributed by atoms with Crippen LogP contribution in [0.15, 0.2) is 0 Å². The normalized spacial score (nSPS) is 22.7. The summed E-state index contributed by atoms with van der Waals surface area (Å²) in [6.07, 6.45) is 2.87. The SMILES string of the molecule is CCCCCOC(=O)C(C)(C)CC1C(=O)OC(=O)C1C(C)(CC)C(=O)O. The van der Waals surface area contributed by atoms with Gasteiger partial charge >= 0.3 is 23.9 Å². The van der Waals surface area contributed by atoms with Crippen LogP contribution in [-0.2, 0) is 28.7 Å². The summed E-state index contributed by atoms with van der Waals surface area (Å²) >= 11 is 0. The number of aliphatic carboxylic acids is 1. The first-order chi connectivity index (χ1) is 12.0. The number of hydrogen-bond acceptors (Lipinski definition) is 6. The van der Waals surface area contributed by atoms with Crippen LogP contribution in [0.25, 0.3) is 0 Å². The molecule has 1 saturated heterocycles. The molecule has 0 spiro atoms. The number of carbonyl (C=O) groups is 4. The first-order valence-corrected chi connectivity index (χ1v) is 9.17. The van der Waals surface area contributed by atoms with Gasteiger partial charge in [0, 0.05) is 0 Å². The second kappa shape index (κ2) is 8.64. The number of carboxylic acid groups (broad SMARTS) is 1. The summed E-state index contributed by atoms with van der Waals surface area (Å²) in [4.78, 5) is 48.5. The van der Waals surface area contributed by atoms with Crippen LogP contribution in [-0.4, -0.2) is 35.6 Å². The Hall–Kier alpha value is -1.92. The quantitative estimate of drug-likeness (QED) is 0.358. The summed E-state index contributed by atoms with van der Waals surface area (Å²) in [5.41, 5.74) is -2.47. The third-order valence-electron chi connectivity index (χ3n) is 5.33. The van der Waals surface area contributed by atoms with Crippen molar-refractivity contribution >= 4 is 23.9 Å². The number of cyclic esters (lactones) is 2. The standard InChI is InChI=1S/C19H30O7/c1-6-8-9-10-25-17(24)18(3,4)11-12-13(15(21)26-14(12)20)19(5,7-2)16(22)23/h12-13H,6-11H2,1-5H3,(H,22,23). The Morgan fingerprint density at radius 2 is 1.73 bits per heavy atom. The van der Waals surface area contributed by atoms with E-state index in [1.165, 1.54) is 6.92 Å². The maximum atomic E-state index is 12.4. The molecule has 7 nitrogen and oxygen atoms in total. The Kier molecular flexibility index (Phi) is 7.35. The highest BCUT2D eigenvalue weighted by Gasteiger charge is 2.58. The molecule has 0 aromatic heterocycles. The lowest BCUT2D eigenvalue weighted by atomic mass is 9.66. The van der Waals surface area contributed by atoms with E-state index in [9.17, 15) is 24.3 Å². The van der Waals surface area contributed by atoms with Crippen LogP contribution in [0.2, 0.25) is 0 Å². The molecule has 1 N–H and O–H groups in total. The Labute approximate surface area is 154 Å². The third-order valence-corrected chi connectivity index (χ3v) is 5.33. The van der Waals surface area contributed by atoms with Crippen molar-refractivity contribution in [1.82, 2.24) is 0 Å². The molecule has 148 valence electrons. The number of ether oxygens (including phenoxy) is 2. The lowest BCUT2D eigenvalue weighted by Gasteiger charge is -2.33. The Balaban J connectivity index is 2.96. The van der Waals surface area contributed by atoms with Crippen LogP contribution in [0, 0.1) is 22.7 Å². The van der Waals surface area contributed by atoms with Gasteiger partial charge in [-0.1, -0.05) is 26.7 Å². The summed E-state index contributed by atoms with van der Waals surface area (Å²) < 4.78 is 10.0. The molecule has 0 saturated carbocycles. The van der Waals surface area contributed by atoms with Crippen molar-refractivity contribution < 1.29 is 33.8 Å². The van der Waals surface area contributed by atoms with Crippen molar-refractivity contribution in [3.05, 3.63) is 0 Å². The van der Waals surface area contributed by atoms with Crippen molar-refractivity contribution in [2.24, 2.45) is 22.7 Å². The monoisotopic (exact) mass is 370 g/mol. The fourth-order valence-corrected chi connectivity index (χ4v) is 3.29. The molecule has 1 aliphatic heterocycles. The lowest BCUT2D eigenvalue weighted by molar-refractivity contribution is -0.161. The predicted octanol–water partition coefficient (Wildman–Crippen LogP) is 2.95. The Morgan fingerprint density at radius 3 is 2.23 bits per heavy atom. The van der Waals surface area contributed by atoms with Crippen molar-refractivity contribution in [3.8, 4) is 0 Å². The van der Waals surface area contributed by atoms with Crippen molar-refractivity contribution in [3.63, 3.8) is 0 Å². The molecule has 26 heavy (non-hydrogen) atoms. The number of unbranched alkanes of at least 4 members (excludes halogenated alkanes) is 2. The second-order valence-electron chi connectivity index (χ2n) is 7.83. The van der Waals surface area contributed by atoms with Gasteiger partial charge in [-0.2, -0.15) is 0 Å². The van der Waals surface area contributed by atoms with Gasteiger partial charge < -0.3 is 14.6 Å². The van der Waals surface area contributed by atoms with E-state index in [-0.39, 0.29) is 12.8 Å². The van der Waals surface area contributed by atoms with E-state index in [0.717, 1.165) is 19.3 Å². The van der Waals surface area contributed by atoms with Crippen molar-refractivity contribution in [1.29, 1.82) is 0 Å². The van der Waals surface area contributed by atoms with Crippen LogP contribution >= 0.6 is 0 Å². The summed E-state index contributed by atoms with van der Waals surface area (Å²) in [5, 5.41) is 9.58. The first-order valence-electron chi connectivity index (χ1n) is 9.17. The molecule has 1 aliphatic rings. The highest BCUT2D eigenvalue weighted by molar-refractivity contribution is 5.99. The minimum Gasteiger partial charge on any atom is -0.481 e. The van der Waals surface area contributed by atoms with Gasteiger partial charge in [-0.25, -0.2) is 0 Å². The van der Waals surface area contributed by atoms with E-state index >= 15 is 0 Å². The maximum Gasteiger partial charge on any atom is 0.318 e. The van der Waals surface area contributed by atoms with Gasteiger partial charge in [0.2, 0.25) is 0 Å². The zero-order chi connectivity index (χ0) is 20.1. The van der Waals surface area contributed by atoms with Crippen LogP contribution in [0.4, 0.5) is 0 Å². The minimum atomic E-state index is -1.44. The Bertz CT molecular complexity index is 566. The zero-order valence-electron chi connectivity index (χ0n) is 16.3. The van der Waals surface area contributed by atoms with E-state index in [1.807, 2.05) is 6.92 Å². The molecule has 1 rings (SSSR count). The largest absolute Gasteiger partial charge is 0.481 e. The molecule has 0 amide bonds. The summed E-state index contributed by atoms with van der Waals surface area (Å²) in [6.45, 7) is 8.69. The van der Waals surface area contributed by atoms with E-state index < -0.39 is 46.5 Å². The van der Waals surface area contributed by atoms with Gasteiger partial charge in [0.15, 0.2) is 0 Å². The summed E-state index contributed by atoms with van der Waals surface area (Å²) in [7, 11) is 0. The highest BCUT2D eigenvalue weighted by atomic mass is 16.6. The maximum absolute atomic E-state index is 12.4. The van der Waals surface area contributed by atoms with Gasteiger partial charge in [0.05, 0.1) is 29.3 Å². The van der Waals surface area contributed by atoms with Gasteiger partial charge in [0.25, 0.3) is 0 Å². The van der Waals surface area contributed by atoms with Crippen LogP contribution < -0.4 is 0 Å². The molecule has 1 fully saturated rings. The van der Waals surface area contributed by atoms with E-state index in [1.54, 1.807) is 20.8 Å². The van der Waals surface area contributed by atoms with Crippen molar-refractivity contribution in [2.75, 3.05) is 6.61 Å². The number of carbonyl (C=O) groups excluding carboxylic acids is 3. The molecule has 1 heterocycles. The molecule has 0 bridgehead atoms.